The number of morpholine rings is 1. The Morgan fingerprint density at radius 1 is 1.23 bits per heavy atom. The minimum Gasteiger partial charge on any atom is -0.386 e. The Balaban J connectivity index is 1.67. The van der Waals surface area contributed by atoms with Gasteiger partial charge in [0.2, 0.25) is 10.0 Å². The lowest BCUT2D eigenvalue weighted by Crippen LogP contribution is -2.44. The molecule has 2 aromatic rings. The number of anilines is 1. The Kier molecular flexibility index (Phi) is 4.74. The Morgan fingerprint density at radius 3 is 2.62 bits per heavy atom. The van der Waals surface area contributed by atoms with Crippen molar-refractivity contribution in [2.75, 3.05) is 31.2 Å². The smallest absolute Gasteiger partial charge is 0.243 e. The minimum absolute atomic E-state index is 0.172. The Morgan fingerprint density at radius 2 is 1.92 bits per heavy atom. The molecule has 2 aliphatic rings. The highest BCUT2D eigenvalue weighted by Crippen LogP contribution is 2.40. The number of hydrogen-bond donors (Lipinski definition) is 1. The zero-order valence-electron chi connectivity index (χ0n) is 14.4. The van der Waals surface area contributed by atoms with Gasteiger partial charge in [-0.3, -0.25) is 0 Å². The number of nitrogens with zero attached hydrogens (tertiary/aromatic N) is 3. The van der Waals surface area contributed by atoms with E-state index in [1.54, 1.807) is 37.3 Å². The van der Waals surface area contributed by atoms with E-state index in [1.807, 2.05) is 0 Å². The summed E-state index contributed by atoms with van der Waals surface area (Å²) in [7, 11) is -3.70. The maximum Gasteiger partial charge on any atom is 0.243 e. The summed E-state index contributed by atoms with van der Waals surface area (Å²) in [5, 5.41) is 11.6. The van der Waals surface area contributed by atoms with Gasteiger partial charge in [0.1, 0.15) is 6.10 Å². The monoisotopic (exact) mass is 395 g/mol. The fourth-order valence-electron chi connectivity index (χ4n) is 3.28. The van der Waals surface area contributed by atoms with E-state index in [0.717, 1.165) is 23.1 Å². The van der Waals surface area contributed by atoms with Gasteiger partial charge >= 0.3 is 0 Å². The number of aliphatic hydroxyl groups is 1. The van der Waals surface area contributed by atoms with Crippen LogP contribution in [0.25, 0.3) is 0 Å². The molecule has 0 aliphatic carbocycles. The van der Waals surface area contributed by atoms with E-state index < -0.39 is 22.2 Å². The summed E-state index contributed by atoms with van der Waals surface area (Å²) >= 11 is 1.45. The molecule has 2 aliphatic heterocycles. The maximum atomic E-state index is 13.0. The van der Waals surface area contributed by atoms with Crippen LogP contribution < -0.4 is 4.90 Å². The van der Waals surface area contributed by atoms with Gasteiger partial charge < -0.3 is 14.7 Å². The second kappa shape index (κ2) is 6.90. The molecule has 0 spiro atoms. The number of aromatic nitrogens is 1. The van der Waals surface area contributed by atoms with Crippen molar-refractivity contribution >= 4 is 26.5 Å². The van der Waals surface area contributed by atoms with Crippen LogP contribution in [-0.4, -0.2) is 55.2 Å². The summed E-state index contributed by atoms with van der Waals surface area (Å²) in [6.45, 7) is 4.72. The van der Waals surface area contributed by atoms with E-state index in [0.29, 0.717) is 18.9 Å². The van der Waals surface area contributed by atoms with Crippen molar-refractivity contribution in [1.29, 1.82) is 0 Å². The van der Waals surface area contributed by atoms with Crippen LogP contribution in [0, 0.1) is 0 Å². The quantitative estimate of drug-likeness (QED) is 0.850. The van der Waals surface area contributed by atoms with Gasteiger partial charge in [0, 0.05) is 13.1 Å². The maximum absolute atomic E-state index is 13.0. The van der Waals surface area contributed by atoms with Gasteiger partial charge in [0.15, 0.2) is 5.13 Å². The molecule has 9 heteroatoms. The third-order valence-electron chi connectivity index (χ3n) is 4.83. The summed E-state index contributed by atoms with van der Waals surface area (Å²) in [6, 6.07) is 7.77. The fraction of sp³-hybridized carbons (Fsp3) is 0.471. The molecule has 4 rings (SSSR count). The van der Waals surface area contributed by atoms with Crippen LogP contribution in [0.4, 0.5) is 5.13 Å². The molecule has 26 heavy (non-hydrogen) atoms. The highest BCUT2D eigenvalue weighted by atomic mass is 32.2. The van der Waals surface area contributed by atoms with Crippen LogP contribution in [0.2, 0.25) is 0 Å². The standard InChI is InChI=1S/C17H21N3O4S2/c1-12-15(21)16-14(18-17(25-16)19-7-9-24-10-8-19)11-20(12)26(22,23)13-5-3-2-4-6-13/h2-6,12,15,21H,7-11H2,1H3/t12-,15+/m0/s1. The second-order valence-corrected chi connectivity index (χ2v) is 9.36. The summed E-state index contributed by atoms with van der Waals surface area (Å²) in [6.07, 6.45) is -0.885. The van der Waals surface area contributed by atoms with Gasteiger partial charge in [0.25, 0.3) is 0 Å². The van der Waals surface area contributed by atoms with Crippen LogP contribution in [0.1, 0.15) is 23.6 Å². The molecule has 0 saturated carbocycles. The highest BCUT2D eigenvalue weighted by Gasteiger charge is 2.41. The first kappa shape index (κ1) is 17.9. The van der Waals surface area contributed by atoms with Crippen LogP contribution in [0.5, 0.6) is 0 Å². The average Bonchev–Trinajstić information content (AvgIpc) is 3.10. The van der Waals surface area contributed by atoms with E-state index in [4.69, 9.17) is 4.74 Å². The first-order chi connectivity index (χ1) is 12.5. The predicted octanol–water partition coefficient (Wildman–Crippen LogP) is 1.61. The molecule has 0 unspecified atom stereocenters. The predicted molar refractivity (Wildman–Crippen MR) is 98.7 cm³/mol. The number of benzene rings is 1. The Bertz CT molecular complexity index is 879. The lowest BCUT2D eigenvalue weighted by Gasteiger charge is -2.34. The van der Waals surface area contributed by atoms with E-state index in [9.17, 15) is 13.5 Å². The molecule has 1 aromatic heterocycles. The molecular formula is C17H21N3O4S2. The number of ether oxygens (including phenoxy) is 1. The molecule has 140 valence electrons. The van der Waals surface area contributed by atoms with Crippen LogP contribution in [0.3, 0.4) is 0 Å². The molecule has 1 N–H and O–H groups in total. The molecule has 7 nitrogen and oxygen atoms in total. The number of hydrogen-bond acceptors (Lipinski definition) is 7. The van der Waals surface area contributed by atoms with Crippen LogP contribution >= 0.6 is 11.3 Å². The van der Waals surface area contributed by atoms with Gasteiger partial charge in [0.05, 0.1) is 41.3 Å². The topological polar surface area (TPSA) is 83.0 Å². The molecule has 0 radical (unpaired) electrons. The van der Waals surface area contributed by atoms with Gasteiger partial charge in [-0.2, -0.15) is 4.31 Å². The summed E-state index contributed by atoms with van der Waals surface area (Å²) in [5.41, 5.74) is 0.640. The number of rotatable bonds is 3. The van der Waals surface area contributed by atoms with Crippen molar-refractivity contribution < 1.29 is 18.3 Å². The number of thiazole rings is 1. The summed E-state index contributed by atoms with van der Waals surface area (Å²) in [4.78, 5) is 7.75. The van der Waals surface area contributed by atoms with Crippen molar-refractivity contribution in [2.24, 2.45) is 0 Å². The average molecular weight is 396 g/mol. The third-order valence-corrected chi connectivity index (χ3v) is 8.01. The molecule has 3 heterocycles. The van der Waals surface area contributed by atoms with Crippen molar-refractivity contribution in [3.8, 4) is 0 Å². The largest absolute Gasteiger partial charge is 0.386 e. The van der Waals surface area contributed by atoms with Gasteiger partial charge in [-0.05, 0) is 19.1 Å². The zero-order chi connectivity index (χ0) is 18.3. The van der Waals surface area contributed by atoms with Crippen molar-refractivity contribution in [3.63, 3.8) is 0 Å². The second-order valence-electron chi connectivity index (χ2n) is 6.46. The first-order valence-corrected chi connectivity index (χ1v) is 10.8. The molecule has 1 aromatic carbocycles. The Labute approximate surface area is 156 Å². The van der Waals surface area contributed by atoms with Crippen molar-refractivity contribution in [2.45, 2.75) is 30.5 Å². The fourth-order valence-corrected chi connectivity index (χ4v) is 6.11. The third kappa shape index (κ3) is 3.03. The van der Waals surface area contributed by atoms with E-state index in [2.05, 4.69) is 9.88 Å². The molecular weight excluding hydrogens is 374 g/mol. The molecule has 0 bridgehead atoms. The lowest BCUT2D eigenvalue weighted by atomic mass is 10.1. The molecule has 0 amide bonds. The summed E-state index contributed by atoms with van der Waals surface area (Å²) < 4.78 is 32.8. The summed E-state index contributed by atoms with van der Waals surface area (Å²) in [5.74, 6) is 0. The van der Waals surface area contributed by atoms with Gasteiger partial charge in [-0.15, -0.1) is 0 Å². The first-order valence-electron chi connectivity index (χ1n) is 8.56. The SMILES string of the molecule is C[C@H]1[C@@H](O)c2sc(N3CCOCC3)nc2CN1S(=O)(=O)c1ccccc1. The zero-order valence-corrected chi connectivity index (χ0v) is 16.0. The molecule has 2 atom stereocenters. The normalized spacial score (nSPS) is 24.5. The van der Waals surface area contributed by atoms with E-state index in [1.165, 1.54) is 15.6 Å². The number of fused-ring (bicyclic) bond motifs is 1. The minimum atomic E-state index is -3.70. The van der Waals surface area contributed by atoms with E-state index >= 15 is 0 Å². The van der Waals surface area contributed by atoms with Gasteiger partial charge in [-0.1, -0.05) is 29.5 Å². The van der Waals surface area contributed by atoms with Crippen molar-refractivity contribution in [1.82, 2.24) is 9.29 Å². The number of sulfonamides is 1. The van der Waals surface area contributed by atoms with Crippen LogP contribution in [0.15, 0.2) is 35.2 Å². The lowest BCUT2D eigenvalue weighted by molar-refractivity contribution is 0.0843. The van der Waals surface area contributed by atoms with Crippen molar-refractivity contribution in [3.05, 3.63) is 40.9 Å². The molecule has 1 saturated heterocycles. The highest BCUT2D eigenvalue weighted by molar-refractivity contribution is 7.89. The van der Waals surface area contributed by atoms with Crippen LogP contribution in [-0.2, 0) is 21.3 Å². The molecule has 1 fully saturated rings. The van der Waals surface area contributed by atoms with Gasteiger partial charge in [-0.25, -0.2) is 13.4 Å². The Hall–Kier alpha value is -1.52. The van der Waals surface area contributed by atoms with E-state index in [-0.39, 0.29) is 11.4 Å². The number of aliphatic hydroxyl groups excluding tert-OH is 1.